The quantitative estimate of drug-likeness (QED) is 0.899. The molecule has 5 heteroatoms. The first kappa shape index (κ1) is 15.2. The number of pyridine rings is 1. The van der Waals surface area contributed by atoms with Crippen LogP contribution in [0.25, 0.3) is 10.9 Å². The van der Waals surface area contributed by atoms with Gasteiger partial charge in [-0.1, -0.05) is 12.1 Å². The number of β-amino-alcohol motifs (C(OH)–C–C–N with tert-alkyl or cyclic N) is 1. The molecule has 3 rings (SSSR count). The van der Waals surface area contributed by atoms with Gasteiger partial charge in [0.1, 0.15) is 5.75 Å². The molecule has 0 unspecified atom stereocenters. The Morgan fingerprint density at radius 3 is 2.91 bits per heavy atom. The monoisotopic (exact) mass is 301 g/mol. The Balaban J connectivity index is 1.82. The molecule has 22 heavy (non-hydrogen) atoms. The number of hydrogen-bond acceptors (Lipinski definition) is 5. The van der Waals surface area contributed by atoms with Crippen LogP contribution >= 0.6 is 0 Å². The number of nitrogens with zero attached hydrogens (tertiary/aromatic N) is 2. The number of piperidine rings is 1. The van der Waals surface area contributed by atoms with E-state index in [2.05, 4.69) is 9.88 Å². The van der Waals surface area contributed by atoms with Gasteiger partial charge in [0.15, 0.2) is 0 Å². The van der Waals surface area contributed by atoms with Crippen LogP contribution in [0.5, 0.6) is 5.75 Å². The molecule has 2 aromatic rings. The maximum absolute atomic E-state index is 10.7. The van der Waals surface area contributed by atoms with E-state index in [1.165, 1.54) is 0 Å². The third kappa shape index (κ3) is 3.21. The van der Waals surface area contributed by atoms with Crippen LogP contribution < -0.4 is 10.5 Å². The number of nitrogens with two attached hydrogens (primary N) is 1. The molecule has 0 aliphatic carbocycles. The van der Waals surface area contributed by atoms with Crippen molar-refractivity contribution in [2.24, 2.45) is 5.73 Å². The van der Waals surface area contributed by atoms with Gasteiger partial charge in [0.25, 0.3) is 0 Å². The zero-order valence-electron chi connectivity index (χ0n) is 12.9. The fourth-order valence-electron chi connectivity index (χ4n) is 3.03. The van der Waals surface area contributed by atoms with E-state index in [0.29, 0.717) is 18.3 Å². The van der Waals surface area contributed by atoms with Gasteiger partial charge in [-0.3, -0.25) is 4.98 Å². The average Bonchev–Trinajstić information content (AvgIpc) is 2.55. The van der Waals surface area contributed by atoms with Gasteiger partial charge in [-0.2, -0.15) is 0 Å². The molecule has 1 aromatic heterocycles. The molecule has 118 valence electrons. The lowest BCUT2D eigenvalue weighted by molar-refractivity contribution is 0.0986. The summed E-state index contributed by atoms with van der Waals surface area (Å²) in [4.78, 5) is 6.66. The summed E-state index contributed by atoms with van der Waals surface area (Å²) >= 11 is 0. The summed E-state index contributed by atoms with van der Waals surface area (Å²) in [6.07, 6.45) is 3.16. The molecule has 1 aliphatic heterocycles. The molecule has 2 heterocycles. The number of methoxy groups -OCH3 is 1. The normalized spacial score (nSPS) is 18.5. The number of hydrogen-bond donors (Lipinski definition) is 2. The number of benzene rings is 1. The molecule has 1 aliphatic rings. The maximum Gasteiger partial charge on any atom is 0.137 e. The lowest BCUT2D eigenvalue weighted by Gasteiger charge is -2.31. The lowest BCUT2D eigenvalue weighted by Crippen LogP contribution is -2.41. The van der Waals surface area contributed by atoms with Crippen molar-refractivity contribution in [2.45, 2.75) is 25.0 Å². The highest BCUT2D eigenvalue weighted by atomic mass is 16.5. The maximum atomic E-state index is 10.7. The van der Waals surface area contributed by atoms with Gasteiger partial charge < -0.3 is 20.5 Å². The van der Waals surface area contributed by atoms with Crippen LogP contribution in [-0.4, -0.2) is 47.8 Å². The van der Waals surface area contributed by atoms with Gasteiger partial charge in [-0.25, -0.2) is 0 Å². The zero-order chi connectivity index (χ0) is 15.5. The fourth-order valence-corrected chi connectivity index (χ4v) is 3.03. The van der Waals surface area contributed by atoms with Crippen LogP contribution in [0.1, 0.15) is 24.5 Å². The Morgan fingerprint density at radius 2 is 2.18 bits per heavy atom. The number of aromatic nitrogens is 1. The Kier molecular flexibility index (Phi) is 4.57. The molecule has 0 radical (unpaired) electrons. The summed E-state index contributed by atoms with van der Waals surface area (Å²) < 4.78 is 5.25. The van der Waals surface area contributed by atoms with Crippen LogP contribution in [0.4, 0.5) is 0 Å². The van der Waals surface area contributed by atoms with E-state index in [4.69, 9.17) is 10.5 Å². The third-order valence-electron chi connectivity index (χ3n) is 4.39. The SMILES string of the molecule is COc1cnc2cccc([C@@H](O)CN3CCC(N)CC3)c2c1. The van der Waals surface area contributed by atoms with Crippen molar-refractivity contribution in [1.29, 1.82) is 0 Å². The molecule has 1 saturated heterocycles. The van der Waals surface area contributed by atoms with Crippen molar-refractivity contribution in [3.8, 4) is 5.75 Å². The van der Waals surface area contributed by atoms with Gasteiger partial charge >= 0.3 is 0 Å². The predicted octanol–water partition coefficient (Wildman–Crippen LogP) is 1.70. The summed E-state index contributed by atoms with van der Waals surface area (Å²) in [7, 11) is 1.62. The number of likely N-dealkylation sites (tertiary alicyclic amines) is 1. The Hall–Kier alpha value is -1.69. The third-order valence-corrected chi connectivity index (χ3v) is 4.39. The van der Waals surface area contributed by atoms with Gasteiger partial charge in [0.05, 0.1) is 24.9 Å². The predicted molar refractivity (Wildman–Crippen MR) is 86.9 cm³/mol. The minimum Gasteiger partial charge on any atom is -0.495 e. The van der Waals surface area contributed by atoms with E-state index < -0.39 is 6.10 Å². The fraction of sp³-hybridized carbons (Fsp3) is 0.471. The van der Waals surface area contributed by atoms with Crippen LogP contribution in [0, 0.1) is 0 Å². The van der Waals surface area contributed by atoms with Crippen molar-refractivity contribution in [1.82, 2.24) is 9.88 Å². The Labute approximate surface area is 130 Å². The number of fused-ring (bicyclic) bond motifs is 1. The van der Waals surface area contributed by atoms with Gasteiger partial charge in [-0.05, 0) is 43.6 Å². The Morgan fingerprint density at radius 1 is 1.41 bits per heavy atom. The van der Waals surface area contributed by atoms with E-state index in [1.54, 1.807) is 13.3 Å². The molecular weight excluding hydrogens is 278 g/mol. The standard InChI is InChI=1S/C17H23N3O2/c1-22-13-9-15-14(3-2-4-16(15)19-10-13)17(21)11-20-7-5-12(18)6-8-20/h2-4,9-10,12,17,21H,5-8,11,18H2,1H3/t17-/m0/s1. The number of aliphatic hydroxyl groups excluding tert-OH is 1. The molecule has 0 spiro atoms. The van der Waals surface area contributed by atoms with Crippen molar-refractivity contribution >= 4 is 10.9 Å². The lowest BCUT2D eigenvalue weighted by atomic mass is 10.0. The smallest absolute Gasteiger partial charge is 0.137 e. The zero-order valence-corrected chi connectivity index (χ0v) is 12.9. The molecular formula is C17H23N3O2. The van der Waals surface area contributed by atoms with E-state index in [9.17, 15) is 5.11 Å². The van der Waals surface area contributed by atoms with Crippen LogP contribution in [-0.2, 0) is 0 Å². The molecule has 0 saturated carbocycles. The van der Waals surface area contributed by atoms with Crippen molar-refractivity contribution < 1.29 is 9.84 Å². The molecule has 1 atom stereocenters. The first-order chi connectivity index (χ1) is 10.7. The van der Waals surface area contributed by atoms with E-state index in [0.717, 1.165) is 42.4 Å². The highest BCUT2D eigenvalue weighted by Crippen LogP contribution is 2.27. The number of ether oxygens (including phenoxy) is 1. The Bertz CT molecular complexity index is 639. The van der Waals surface area contributed by atoms with Crippen molar-refractivity contribution in [2.75, 3.05) is 26.7 Å². The first-order valence-electron chi connectivity index (χ1n) is 7.76. The average molecular weight is 301 g/mol. The minimum atomic E-state index is -0.535. The first-order valence-corrected chi connectivity index (χ1v) is 7.76. The second kappa shape index (κ2) is 6.60. The summed E-state index contributed by atoms with van der Waals surface area (Å²) in [5.41, 5.74) is 7.71. The summed E-state index contributed by atoms with van der Waals surface area (Å²) in [6, 6.07) is 8.09. The van der Waals surface area contributed by atoms with Crippen LogP contribution in [0.2, 0.25) is 0 Å². The molecule has 5 nitrogen and oxygen atoms in total. The van der Waals surface area contributed by atoms with Crippen LogP contribution in [0.3, 0.4) is 0 Å². The van der Waals surface area contributed by atoms with E-state index >= 15 is 0 Å². The highest BCUT2D eigenvalue weighted by Gasteiger charge is 2.20. The second-order valence-corrected chi connectivity index (χ2v) is 5.94. The van der Waals surface area contributed by atoms with Gasteiger partial charge in [-0.15, -0.1) is 0 Å². The van der Waals surface area contributed by atoms with E-state index in [-0.39, 0.29) is 0 Å². The summed E-state index contributed by atoms with van der Waals surface area (Å²) in [5, 5.41) is 11.6. The molecule has 3 N–H and O–H groups in total. The molecule has 1 aromatic carbocycles. The largest absolute Gasteiger partial charge is 0.495 e. The number of aliphatic hydroxyl groups is 1. The van der Waals surface area contributed by atoms with Crippen molar-refractivity contribution in [3.63, 3.8) is 0 Å². The topological polar surface area (TPSA) is 71.6 Å². The summed E-state index contributed by atoms with van der Waals surface area (Å²) in [5.74, 6) is 0.705. The van der Waals surface area contributed by atoms with Crippen LogP contribution in [0.15, 0.2) is 30.5 Å². The highest BCUT2D eigenvalue weighted by molar-refractivity contribution is 5.83. The molecule has 1 fully saturated rings. The van der Waals surface area contributed by atoms with Gasteiger partial charge in [0, 0.05) is 18.0 Å². The van der Waals surface area contributed by atoms with Gasteiger partial charge in [0.2, 0.25) is 0 Å². The minimum absolute atomic E-state index is 0.305. The number of rotatable bonds is 4. The molecule has 0 bridgehead atoms. The van der Waals surface area contributed by atoms with E-state index in [1.807, 2.05) is 24.3 Å². The molecule has 0 amide bonds. The van der Waals surface area contributed by atoms with Crippen molar-refractivity contribution in [3.05, 3.63) is 36.0 Å². The summed E-state index contributed by atoms with van der Waals surface area (Å²) in [6.45, 7) is 2.53. The second-order valence-electron chi connectivity index (χ2n) is 5.94.